The Kier molecular flexibility index (Phi) is 10.2. The molecule has 3 aromatic rings. The van der Waals surface area contributed by atoms with Gasteiger partial charge in [-0.25, -0.2) is 4.98 Å². The molecule has 0 saturated heterocycles. The highest BCUT2D eigenvalue weighted by atomic mass is 32.1. The Morgan fingerprint density at radius 2 is 2.03 bits per heavy atom. The van der Waals surface area contributed by atoms with Crippen LogP contribution >= 0.6 is 11.3 Å². The SMILES string of the molecule is C=C/C(OC)=C(\C=C/C)/C=C/c1cn(CC)c(=O)c2c(C)c(-c3ncco3)sc12.CC(C)(C)OC=O. The largest absolute Gasteiger partial charge is 0.496 e. The minimum absolute atomic E-state index is 0.000835. The van der Waals surface area contributed by atoms with Crippen LogP contribution in [0.4, 0.5) is 0 Å². The fourth-order valence-corrected chi connectivity index (χ4v) is 4.57. The van der Waals surface area contributed by atoms with Gasteiger partial charge in [-0.3, -0.25) is 9.59 Å². The fourth-order valence-electron chi connectivity index (χ4n) is 3.34. The third kappa shape index (κ3) is 6.95. The van der Waals surface area contributed by atoms with Crippen LogP contribution in [0.25, 0.3) is 26.9 Å². The zero-order valence-corrected chi connectivity index (χ0v) is 22.8. The van der Waals surface area contributed by atoms with Crippen LogP contribution in [0.3, 0.4) is 0 Å². The van der Waals surface area contributed by atoms with E-state index in [1.54, 1.807) is 30.2 Å². The lowest BCUT2D eigenvalue weighted by Crippen LogP contribution is -2.19. The summed E-state index contributed by atoms with van der Waals surface area (Å²) in [5.74, 6) is 1.21. The van der Waals surface area contributed by atoms with Crippen molar-refractivity contribution in [3.8, 4) is 10.8 Å². The van der Waals surface area contributed by atoms with Crippen LogP contribution in [-0.2, 0) is 20.8 Å². The first-order valence-electron chi connectivity index (χ1n) is 11.5. The highest BCUT2D eigenvalue weighted by molar-refractivity contribution is 7.22. The number of pyridine rings is 1. The number of carbonyl (C=O) groups is 1. The first kappa shape index (κ1) is 28.6. The molecule has 3 rings (SSSR count). The maximum absolute atomic E-state index is 13.0. The molecule has 3 heterocycles. The lowest BCUT2D eigenvalue weighted by atomic mass is 10.1. The third-order valence-electron chi connectivity index (χ3n) is 5.03. The zero-order chi connectivity index (χ0) is 26.9. The molecule has 0 radical (unpaired) electrons. The lowest BCUT2D eigenvalue weighted by Gasteiger charge is -2.14. The first-order chi connectivity index (χ1) is 17.1. The molecule has 0 N–H and O–H groups in total. The maximum Gasteiger partial charge on any atom is 0.293 e. The highest BCUT2D eigenvalue weighted by Gasteiger charge is 2.19. The average molecular weight is 511 g/mol. The average Bonchev–Trinajstić information content (AvgIpc) is 3.47. The predicted molar refractivity (Wildman–Crippen MR) is 147 cm³/mol. The number of rotatable bonds is 8. The summed E-state index contributed by atoms with van der Waals surface area (Å²) < 4.78 is 18.1. The van der Waals surface area contributed by atoms with E-state index in [2.05, 4.69) is 16.3 Å². The van der Waals surface area contributed by atoms with Gasteiger partial charge in [-0.15, -0.1) is 11.3 Å². The fraction of sp³-hybridized carbons (Fsp3) is 0.321. The summed E-state index contributed by atoms with van der Waals surface area (Å²) in [6, 6.07) is 0. The minimum atomic E-state index is -0.318. The molecule has 8 heteroatoms. The Morgan fingerprint density at radius 3 is 2.50 bits per heavy atom. The van der Waals surface area contributed by atoms with Gasteiger partial charge in [0.1, 0.15) is 17.6 Å². The molecule has 0 unspecified atom stereocenters. The third-order valence-corrected chi connectivity index (χ3v) is 6.35. The van der Waals surface area contributed by atoms with E-state index in [0.29, 0.717) is 30.1 Å². The van der Waals surface area contributed by atoms with Crippen molar-refractivity contribution in [2.45, 2.75) is 53.7 Å². The predicted octanol–water partition coefficient (Wildman–Crippen LogP) is 6.68. The van der Waals surface area contributed by atoms with Gasteiger partial charge in [0.05, 0.1) is 23.6 Å². The summed E-state index contributed by atoms with van der Waals surface area (Å²) in [5, 5.41) is 0.708. The molecule has 0 amide bonds. The number of hydrogen-bond donors (Lipinski definition) is 0. The highest BCUT2D eigenvalue weighted by Crippen LogP contribution is 2.38. The molecule has 3 aromatic heterocycles. The Hall–Kier alpha value is -3.65. The molecule has 0 aliphatic carbocycles. The molecule has 7 nitrogen and oxygen atoms in total. The molecule has 0 aliphatic heterocycles. The van der Waals surface area contributed by atoms with Crippen molar-refractivity contribution in [1.29, 1.82) is 0 Å². The summed E-state index contributed by atoms with van der Waals surface area (Å²) in [6.45, 7) is 16.2. The van der Waals surface area contributed by atoms with Crippen molar-refractivity contribution in [2.24, 2.45) is 0 Å². The van der Waals surface area contributed by atoms with Gasteiger partial charge in [0, 0.05) is 28.6 Å². The molecule has 0 aliphatic rings. The molecule has 0 aromatic carbocycles. The van der Waals surface area contributed by atoms with Gasteiger partial charge in [0.25, 0.3) is 12.0 Å². The number of aromatic nitrogens is 2. The summed E-state index contributed by atoms with van der Waals surface area (Å²) in [7, 11) is 1.62. The molecular formula is C28H34N2O5S. The van der Waals surface area contributed by atoms with Gasteiger partial charge in [0.15, 0.2) is 0 Å². The van der Waals surface area contributed by atoms with E-state index in [0.717, 1.165) is 26.3 Å². The number of nitrogens with zero attached hydrogens (tertiary/aromatic N) is 2. The molecule has 0 spiro atoms. The van der Waals surface area contributed by atoms with Gasteiger partial charge < -0.3 is 18.5 Å². The summed E-state index contributed by atoms with van der Waals surface area (Å²) in [5.41, 5.74) is 2.42. The van der Waals surface area contributed by atoms with Gasteiger partial charge >= 0.3 is 0 Å². The summed E-state index contributed by atoms with van der Waals surface area (Å²) >= 11 is 1.52. The van der Waals surface area contributed by atoms with Crippen LogP contribution in [0.2, 0.25) is 0 Å². The van der Waals surface area contributed by atoms with E-state index in [9.17, 15) is 9.59 Å². The number of oxazole rings is 1. The van der Waals surface area contributed by atoms with Crippen LogP contribution in [0.15, 0.2) is 70.1 Å². The summed E-state index contributed by atoms with van der Waals surface area (Å²) in [4.78, 5) is 27.7. The summed E-state index contributed by atoms with van der Waals surface area (Å²) in [6.07, 6.45) is 14.6. The molecule has 0 fully saturated rings. The molecule has 0 saturated carbocycles. The number of methoxy groups -OCH3 is 1. The van der Waals surface area contributed by atoms with Crippen LogP contribution in [0, 0.1) is 6.92 Å². The molecule has 36 heavy (non-hydrogen) atoms. The van der Waals surface area contributed by atoms with Crippen molar-refractivity contribution in [1.82, 2.24) is 9.55 Å². The number of carbonyl (C=O) groups excluding carboxylic acids is 1. The Balaban J connectivity index is 0.000000572. The van der Waals surface area contributed by atoms with Crippen LogP contribution < -0.4 is 5.56 Å². The van der Waals surface area contributed by atoms with Crippen LogP contribution in [0.5, 0.6) is 0 Å². The van der Waals surface area contributed by atoms with Crippen molar-refractivity contribution in [3.05, 3.63) is 82.4 Å². The van der Waals surface area contributed by atoms with E-state index in [-0.39, 0.29) is 11.2 Å². The Bertz CT molecular complexity index is 1330. The molecule has 0 atom stereocenters. The van der Waals surface area contributed by atoms with Crippen molar-refractivity contribution < 1.29 is 18.7 Å². The standard InChI is InChI=1S/C23H24N2O3S.C5H10O2/c1-6-9-16(18(7-2)27-5)10-11-17-14-25(8-3)23(26)19-15(4)20(29-21(17)19)22-24-12-13-28-22;1-5(2,3)7-4-6/h6-7,9-14H,2,8H2,1,3-5H3;4H,1-3H3/b9-6-,11-10+,18-16-;. The Morgan fingerprint density at radius 1 is 1.31 bits per heavy atom. The lowest BCUT2D eigenvalue weighted by molar-refractivity contribution is -0.138. The topological polar surface area (TPSA) is 83.6 Å². The van der Waals surface area contributed by atoms with Crippen molar-refractivity contribution in [3.63, 3.8) is 0 Å². The number of ether oxygens (including phenoxy) is 2. The number of thiophene rings is 1. The Labute approximate surface area is 216 Å². The van der Waals surface area contributed by atoms with E-state index >= 15 is 0 Å². The number of aryl methyl sites for hydroxylation is 2. The van der Waals surface area contributed by atoms with Gasteiger partial charge in [0.2, 0.25) is 5.89 Å². The number of fused-ring (bicyclic) bond motifs is 1. The van der Waals surface area contributed by atoms with E-state index in [4.69, 9.17) is 9.15 Å². The van der Waals surface area contributed by atoms with Crippen molar-refractivity contribution >= 4 is 34.0 Å². The van der Waals surface area contributed by atoms with Crippen LogP contribution in [-0.4, -0.2) is 28.7 Å². The second-order valence-electron chi connectivity index (χ2n) is 8.66. The number of allylic oxidation sites excluding steroid dienone is 5. The minimum Gasteiger partial charge on any atom is -0.496 e. The van der Waals surface area contributed by atoms with E-state index in [1.807, 2.05) is 72.0 Å². The van der Waals surface area contributed by atoms with Crippen molar-refractivity contribution in [2.75, 3.05) is 7.11 Å². The maximum atomic E-state index is 13.0. The smallest absolute Gasteiger partial charge is 0.293 e. The second-order valence-corrected chi connectivity index (χ2v) is 9.68. The molecular weight excluding hydrogens is 476 g/mol. The van der Waals surface area contributed by atoms with Gasteiger partial charge in [-0.2, -0.15) is 0 Å². The normalized spacial score (nSPS) is 12.4. The second kappa shape index (κ2) is 12.9. The quantitative estimate of drug-likeness (QED) is 0.191. The van der Waals surface area contributed by atoms with Crippen LogP contribution in [0.1, 0.15) is 45.7 Å². The zero-order valence-electron chi connectivity index (χ0n) is 22.0. The molecule has 0 bridgehead atoms. The van der Waals surface area contributed by atoms with E-state index < -0.39 is 0 Å². The first-order valence-corrected chi connectivity index (χ1v) is 12.3. The molecule has 192 valence electrons. The number of hydrogen-bond acceptors (Lipinski definition) is 7. The van der Waals surface area contributed by atoms with Gasteiger partial charge in [-0.05, 0) is 53.2 Å². The van der Waals surface area contributed by atoms with E-state index in [1.165, 1.54) is 11.3 Å². The van der Waals surface area contributed by atoms with Gasteiger partial charge in [-0.1, -0.05) is 30.9 Å². The monoisotopic (exact) mass is 510 g/mol.